The predicted octanol–water partition coefficient (Wildman–Crippen LogP) is 4.76. The largest absolute Gasteiger partial charge is 0.356 e. The molecule has 1 fully saturated rings. The molecule has 0 bridgehead atoms. The Morgan fingerprint density at radius 1 is 1.23 bits per heavy atom. The number of H-pyrrole nitrogens is 1. The number of anilines is 2. The molecule has 4 rings (SSSR count). The molecular formula is C22H21ClF2N4O2. The molecule has 0 radical (unpaired) electrons. The van der Waals surface area contributed by atoms with Crippen LogP contribution in [0, 0.1) is 6.92 Å². The highest BCUT2D eigenvalue weighted by Crippen LogP contribution is 2.32. The molecule has 0 saturated carbocycles. The number of pyridine rings is 2. The van der Waals surface area contributed by atoms with Gasteiger partial charge < -0.3 is 15.2 Å². The number of hydrogen-bond donors (Lipinski definition) is 2. The lowest BCUT2D eigenvalue weighted by Gasteiger charge is -2.24. The molecule has 1 amide bonds. The lowest BCUT2D eigenvalue weighted by atomic mass is 10.1. The van der Waals surface area contributed by atoms with E-state index in [1.54, 1.807) is 42.3 Å². The number of aromatic nitrogens is 2. The van der Waals surface area contributed by atoms with Crippen LogP contribution >= 0.6 is 11.6 Å². The molecule has 2 aromatic heterocycles. The average molecular weight is 447 g/mol. The smallest absolute Gasteiger partial charge is 0.259 e. The van der Waals surface area contributed by atoms with Crippen LogP contribution in [0.2, 0.25) is 5.02 Å². The van der Waals surface area contributed by atoms with Gasteiger partial charge in [0.15, 0.2) is 0 Å². The zero-order valence-corrected chi connectivity index (χ0v) is 17.6. The van der Waals surface area contributed by atoms with Crippen molar-refractivity contribution in [3.05, 3.63) is 63.2 Å². The Hall–Kier alpha value is -3.00. The summed E-state index contributed by atoms with van der Waals surface area (Å²) in [6.07, 6.45) is 1.36. The molecule has 0 atom stereocenters. The van der Waals surface area contributed by atoms with Crippen molar-refractivity contribution in [2.75, 3.05) is 23.3 Å². The molecule has 3 heterocycles. The third-order valence-electron chi connectivity index (χ3n) is 5.43. The van der Waals surface area contributed by atoms with Gasteiger partial charge in [-0.25, -0.2) is 13.8 Å². The second kappa shape index (κ2) is 8.26. The van der Waals surface area contributed by atoms with Crippen molar-refractivity contribution in [3.8, 4) is 0 Å². The summed E-state index contributed by atoms with van der Waals surface area (Å²) in [5, 5.41) is 4.26. The first-order valence-corrected chi connectivity index (χ1v) is 10.3. The third kappa shape index (κ3) is 4.54. The maximum Gasteiger partial charge on any atom is 0.259 e. The molecular weight excluding hydrogens is 426 g/mol. The van der Waals surface area contributed by atoms with E-state index in [1.807, 2.05) is 0 Å². The highest BCUT2D eigenvalue weighted by atomic mass is 35.5. The monoisotopic (exact) mass is 446 g/mol. The molecule has 1 aliphatic rings. The highest BCUT2D eigenvalue weighted by molar-refractivity contribution is 6.31. The first kappa shape index (κ1) is 21.2. The zero-order chi connectivity index (χ0) is 22.2. The standard InChI is InChI=1S/C22H21ClF2N4O2/c1-13-18(23)12-17(19(27-13)29-9-2-6-22(24,25)7-10-29)21(31)28-15-4-3-14-5-8-26-20(30)16(14)11-15/h3-5,8,11-12H,2,6-7,9-10H2,1H3,(H,26,30)(H,28,31). The number of amides is 1. The Kier molecular flexibility index (Phi) is 5.66. The Balaban J connectivity index is 1.67. The summed E-state index contributed by atoms with van der Waals surface area (Å²) >= 11 is 6.22. The van der Waals surface area contributed by atoms with Gasteiger partial charge in [-0.15, -0.1) is 0 Å². The van der Waals surface area contributed by atoms with Gasteiger partial charge in [0.1, 0.15) is 5.82 Å². The van der Waals surface area contributed by atoms with Gasteiger partial charge in [0, 0.05) is 43.2 Å². The third-order valence-corrected chi connectivity index (χ3v) is 5.81. The summed E-state index contributed by atoms with van der Waals surface area (Å²) in [6, 6.07) is 8.28. The van der Waals surface area contributed by atoms with Crippen molar-refractivity contribution in [1.29, 1.82) is 0 Å². The molecule has 162 valence electrons. The van der Waals surface area contributed by atoms with Crippen LogP contribution in [0.15, 0.2) is 41.3 Å². The Bertz CT molecular complexity index is 1210. The summed E-state index contributed by atoms with van der Waals surface area (Å²) in [6.45, 7) is 2.16. The highest BCUT2D eigenvalue weighted by Gasteiger charge is 2.33. The van der Waals surface area contributed by atoms with Crippen LogP contribution in [0.3, 0.4) is 0 Å². The van der Waals surface area contributed by atoms with Crippen molar-refractivity contribution in [2.45, 2.75) is 32.1 Å². The maximum atomic E-state index is 13.8. The fourth-order valence-corrected chi connectivity index (χ4v) is 3.86. The normalized spacial score (nSPS) is 16.2. The Morgan fingerprint density at radius 2 is 2.03 bits per heavy atom. The fraction of sp³-hybridized carbons (Fsp3) is 0.318. The molecule has 6 nitrogen and oxygen atoms in total. The molecule has 0 unspecified atom stereocenters. The van der Waals surface area contributed by atoms with E-state index in [9.17, 15) is 18.4 Å². The lowest BCUT2D eigenvalue weighted by molar-refractivity contribution is -0.0102. The average Bonchev–Trinajstić information content (AvgIpc) is 2.90. The minimum Gasteiger partial charge on any atom is -0.356 e. The minimum atomic E-state index is -2.73. The first-order chi connectivity index (χ1) is 14.7. The van der Waals surface area contributed by atoms with Crippen LogP contribution in [-0.4, -0.2) is 34.9 Å². The molecule has 1 saturated heterocycles. The maximum absolute atomic E-state index is 13.8. The quantitative estimate of drug-likeness (QED) is 0.608. The second-order valence-corrected chi connectivity index (χ2v) is 8.09. The van der Waals surface area contributed by atoms with Gasteiger partial charge in [-0.05, 0) is 43.0 Å². The van der Waals surface area contributed by atoms with E-state index in [-0.39, 0.29) is 30.5 Å². The topological polar surface area (TPSA) is 78.1 Å². The fourth-order valence-electron chi connectivity index (χ4n) is 3.71. The number of fused-ring (bicyclic) bond motifs is 1. The molecule has 0 spiro atoms. The molecule has 31 heavy (non-hydrogen) atoms. The number of carbonyl (C=O) groups excluding carboxylic acids is 1. The van der Waals surface area contributed by atoms with E-state index in [1.165, 1.54) is 6.07 Å². The molecule has 1 aliphatic heterocycles. The summed E-state index contributed by atoms with van der Waals surface area (Å²) in [7, 11) is 0. The Labute approximate surface area is 182 Å². The molecule has 1 aromatic carbocycles. The van der Waals surface area contributed by atoms with E-state index >= 15 is 0 Å². The van der Waals surface area contributed by atoms with Crippen molar-refractivity contribution in [2.24, 2.45) is 0 Å². The van der Waals surface area contributed by atoms with Gasteiger partial charge in [0.2, 0.25) is 5.92 Å². The van der Waals surface area contributed by atoms with Gasteiger partial charge in [-0.2, -0.15) is 0 Å². The number of rotatable bonds is 3. The summed E-state index contributed by atoms with van der Waals surface area (Å²) in [5.74, 6) is -2.88. The minimum absolute atomic E-state index is 0.0900. The number of alkyl halides is 2. The van der Waals surface area contributed by atoms with E-state index in [4.69, 9.17) is 11.6 Å². The van der Waals surface area contributed by atoms with Gasteiger partial charge in [0.25, 0.3) is 11.5 Å². The van der Waals surface area contributed by atoms with Crippen LogP contribution in [0.1, 0.15) is 35.3 Å². The number of carbonyl (C=O) groups is 1. The number of benzene rings is 1. The van der Waals surface area contributed by atoms with Crippen molar-refractivity contribution in [3.63, 3.8) is 0 Å². The van der Waals surface area contributed by atoms with E-state index in [2.05, 4.69) is 15.3 Å². The van der Waals surface area contributed by atoms with Gasteiger partial charge in [-0.3, -0.25) is 9.59 Å². The number of nitrogens with zero attached hydrogens (tertiary/aromatic N) is 2. The van der Waals surface area contributed by atoms with E-state index in [0.29, 0.717) is 40.6 Å². The van der Waals surface area contributed by atoms with Crippen molar-refractivity contribution in [1.82, 2.24) is 9.97 Å². The van der Waals surface area contributed by atoms with Crippen LogP contribution in [-0.2, 0) is 0 Å². The molecule has 0 aliphatic carbocycles. The SMILES string of the molecule is Cc1nc(N2CCCC(F)(F)CC2)c(C(=O)Nc2ccc3cc[nH]c(=O)c3c2)cc1Cl. The zero-order valence-electron chi connectivity index (χ0n) is 16.8. The number of aryl methyl sites for hydroxylation is 1. The Morgan fingerprint density at radius 3 is 2.84 bits per heavy atom. The van der Waals surface area contributed by atoms with Crippen molar-refractivity contribution < 1.29 is 13.6 Å². The number of hydrogen-bond acceptors (Lipinski definition) is 4. The first-order valence-electron chi connectivity index (χ1n) is 9.96. The van der Waals surface area contributed by atoms with Crippen LogP contribution in [0.25, 0.3) is 10.8 Å². The second-order valence-electron chi connectivity index (χ2n) is 7.69. The van der Waals surface area contributed by atoms with Crippen LogP contribution in [0.4, 0.5) is 20.3 Å². The summed E-state index contributed by atoms with van der Waals surface area (Å²) in [4.78, 5) is 33.9. The summed E-state index contributed by atoms with van der Waals surface area (Å²) < 4.78 is 27.7. The lowest BCUT2D eigenvalue weighted by Crippen LogP contribution is -2.29. The molecule has 9 heteroatoms. The molecule has 3 aromatic rings. The van der Waals surface area contributed by atoms with Crippen molar-refractivity contribution >= 4 is 39.8 Å². The van der Waals surface area contributed by atoms with Gasteiger partial charge >= 0.3 is 0 Å². The van der Waals surface area contributed by atoms with Crippen LogP contribution in [0.5, 0.6) is 0 Å². The number of aromatic amines is 1. The van der Waals surface area contributed by atoms with Gasteiger partial charge in [0.05, 0.1) is 16.3 Å². The molecule has 2 N–H and O–H groups in total. The van der Waals surface area contributed by atoms with E-state index in [0.717, 1.165) is 5.39 Å². The predicted molar refractivity (Wildman–Crippen MR) is 118 cm³/mol. The van der Waals surface area contributed by atoms with Gasteiger partial charge in [-0.1, -0.05) is 17.7 Å². The number of halogens is 3. The van der Waals surface area contributed by atoms with E-state index < -0.39 is 11.8 Å². The number of nitrogens with one attached hydrogen (secondary N) is 2. The van der Waals surface area contributed by atoms with Crippen LogP contribution < -0.4 is 15.8 Å². The summed E-state index contributed by atoms with van der Waals surface area (Å²) in [5.41, 5.74) is 0.878.